The van der Waals surface area contributed by atoms with Gasteiger partial charge in [0, 0.05) is 10.9 Å². The molecule has 1 aromatic carbocycles. The molecule has 0 saturated heterocycles. The van der Waals surface area contributed by atoms with Crippen molar-refractivity contribution in [2.75, 3.05) is 6.54 Å². The predicted molar refractivity (Wildman–Crippen MR) is 64.0 cm³/mol. The summed E-state index contributed by atoms with van der Waals surface area (Å²) >= 11 is 3.13. The summed E-state index contributed by atoms with van der Waals surface area (Å²) in [4.78, 5) is 11.4. The van der Waals surface area contributed by atoms with Gasteiger partial charge in [-0.2, -0.15) is 0 Å². The molecule has 1 rings (SSSR count). The Hall–Kier alpha value is -0.450. The Morgan fingerprint density at radius 1 is 1.47 bits per heavy atom. The van der Waals surface area contributed by atoms with Crippen LogP contribution in [0.4, 0.5) is 4.39 Å². The molecule has 5 heteroatoms. The van der Waals surface area contributed by atoms with E-state index in [-0.39, 0.29) is 23.8 Å². The monoisotopic (exact) mass is 295 g/mol. The molecule has 0 bridgehead atoms. The van der Waals surface area contributed by atoms with Gasteiger partial charge in [0.25, 0.3) is 0 Å². The van der Waals surface area contributed by atoms with E-state index in [0.717, 1.165) is 0 Å². The van der Waals surface area contributed by atoms with E-state index < -0.39 is 5.82 Å². The normalized spacial score (nSPS) is 9.53. The first kappa shape index (κ1) is 14.6. The van der Waals surface area contributed by atoms with Gasteiger partial charge in [0.15, 0.2) is 5.78 Å². The largest absolute Gasteiger partial charge is 0.330 e. The molecule has 0 aliphatic rings. The van der Waals surface area contributed by atoms with Crippen LogP contribution in [0.3, 0.4) is 0 Å². The number of ketones is 1. The summed E-state index contributed by atoms with van der Waals surface area (Å²) in [5, 5.41) is 0. The molecule has 0 saturated carbocycles. The maximum absolute atomic E-state index is 13.2. The molecular weight excluding hydrogens is 284 g/mol. The average Bonchev–Trinajstić information content (AvgIpc) is 2.14. The maximum Gasteiger partial charge on any atom is 0.165 e. The number of hydrogen-bond donors (Lipinski definition) is 1. The van der Waals surface area contributed by atoms with Crippen LogP contribution >= 0.6 is 28.3 Å². The molecule has 84 valence electrons. The molecule has 0 radical (unpaired) electrons. The number of benzene rings is 1. The second kappa shape index (κ2) is 6.93. The van der Waals surface area contributed by atoms with E-state index in [1.807, 2.05) is 0 Å². The molecule has 0 amide bonds. The van der Waals surface area contributed by atoms with Crippen molar-refractivity contribution in [3.05, 3.63) is 34.1 Å². The van der Waals surface area contributed by atoms with E-state index in [1.165, 1.54) is 12.1 Å². The summed E-state index contributed by atoms with van der Waals surface area (Å²) in [6, 6.07) is 4.42. The second-order valence-electron chi connectivity index (χ2n) is 2.94. The van der Waals surface area contributed by atoms with Gasteiger partial charge in [0.05, 0.1) is 5.56 Å². The summed E-state index contributed by atoms with van der Waals surface area (Å²) in [5.41, 5.74) is 5.40. The van der Waals surface area contributed by atoms with E-state index in [0.29, 0.717) is 23.9 Å². The zero-order chi connectivity index (χ0) is 10.6. The van der Waals surface area contributed by atoms with Crippen molar-refractivity contribution in [2.24, 2.45) is 5.73 Å². The molecule has 1 aromatic rings. The summed E-state index contributed by atoms with van der Waals surface area (Å²) in [6.45, 7) is 0.448. The van der Waals surface area contributed by atoms with Crippen molar-refractivity contribution in [1.82, 2.24) is 0 Å². The lowest BCUT2D eigenvalue weighted by Crippen LogP contribution is -2.06. The van der Waals surface area contributed by atoms with Gasteiger partial charge < -0.3 is 5.73 Å². The fourth-order valence-corrected chi connectivity index (χ4v) is 1.45. The molecule has 0 aliphatic carbocycles. The van der Waals surface area contributed by atoms with E-state index >= 15 is 0 Å². The molecule has 0 heterocycles. The zero-order valence-corrected chi connectivity index (χ0v) is 10.4. The second-order valence-corrected chi connectivity index (χ2v) is 3.86. The fraction of sp³-hybridized carbons (Fsp3) is 0.300. The Labute approximate surface area is 103 Å². The van der Waals surface area contributed by atoms with E-state index in [9.17, 15) is 9.18 Å². The fourth-order valence-electron chi connectivity index (χ4n) is 1.11. The average molecular weight is 297 g/mol. The summed E-state index contributed by atoms with van der Waals surface area (Å²) in [5.74, 6) is -0.679. The van der Waals surface area contributed by atoms with Crippen LogP contribution in [0, 0.1) is 5.82 Å². The van der Waals surface area contributed by atoms with Crippen LogP contribution in [0.15, 0.2) is 22.7 Å². The number of nitrogens with two attached hydrogens (primary N) is 1. The summed E-state index contributed by atoms with van der Waals surface area (Å²) in [7, 11) is 0. The van der Waals surface area contributed by atoms with Gasteiger partial charge in [-0.1, -0.05) is 15.9 Å². The Bertz CT molecular complexity index is 346. The molecule has 0 unspecified atom stereocenters. The highest BCUT2D eigenvalue weighted by atomic mass is 79.9. The number of halogens is 3. The van der Waals surface area contributed by atoms with Gasteiger partial charge in [-0.05, 0) is 31.2 Å². The van der Waals surface area contributed by atoms with Gasteiger partial charge in [-0.15, -0.1) is 12.4 Å². The number of hydrogen-bond acceptors (Lipinski definition) is 2. The van der Waals surface area contributed by atoms with Gasteiger partial charge in [-0.3, -0.25) is 4.79 Å². The molecule has 15 heavy (non-hydrogen) atoms. The lowest BCUT2D eigenvalue weighted by molar-refractivity contribution is 0.0977. The van der Waals surface area contributed by atoms with E-state index in [1.54, 1.807) is 6.07 Å². The zero-order valence-electron chi connectivity index (χ0n) is 8.00. The van der Waals surface area contributed by atoms with Crippen LogP contribution in [0.25, 0.3) is 0 Å². The highest BCUT2D eigenvalue weighted by Crippen LogP contribution is 2.16. The van der Waals surface area contributed by atoms with Crippen LogP contribution in [-0.2, 0) is 0 Å². The first-order valence-corrected chi connectivity index (χ1v) is 5.12. The van der Waals surface area contributed by atoms with Crippen molar-refractivity contribution < 1.29 is 9.18 Å². The van der Waals surface area contributed by atoms with E-state index in [4.69, 9.17) is 5.73 Å². The quantitative estimate of drug-likeness (QED) is 0.868. The minimum atomic E-state index is -0.485. The van der Waals surface area contributed by atoms with Crippen molar-refractivity contribution >= 4 is 34.1 Å². The van der Waals surface area contributed by atoms with Gasteiger partial charge in [0.1, 0.15) is 5.82 Å². The highest BCUT2D eigenvalue weighted by molar-refractivity contribution is 9.10. The Kier molecular flexibility index (Phi) is 6.72. The smallest absolute Gasteiger partial charge is 0.165 e. The topological polar surface area (TPSA) is 43.1 Å². The van der Waals surface area contributed by atoms with Gasteiger partial charge in [0.2, 0.25) is 0 Å². The Morgan fingerprint density at radius 3 is 2.67 bits per heavy atom. The van der Waals surface area contributed by atoms with Crippen LogP contribution in [0.5, 0.6) is 0 Å². The number of carbonyl (C=O) groups excluding carboxylic acids is 1. The van der Waals surface area contributed by atoms with Gasteiger partial charge >= 0.3 is 0 Å². The molecule has 2 nitrogen and oxygen atoms in total. The first-order valence-electron chi connectivity index (χ1n) is 4.33. The third kappa shape index (κ3) is 4.28. The lowest BCUT2D eigenvalue weighted by Gasteiger charge is -2.01. The Morgan fingerprint density at radius 2 is 2.13 bits per heavy atom. The van der Waals surface area contributed by atoms with Crippen molar-refractivity contribution in [1.29, 1.82) is 0 Å². The van der Waals surface area contributed by atoms with Crippen LogP contribution < -0.4 is 5.73 Å². The van der Waals surface area contributed by atoms with Crippen molar-refractivity contribution in [3.8, 4) is 0 Å². The molecule has 0 atom stereocenters. The molecule has 0 aromatic heterocycles. The third-order valence-electron chi connectivity index (χ3n) is 1.84. The standard InChI is InChI=1S/C10H11BrFNO.ClH/c11-7-3-4-8(9(12)6-7)10(14)2-1-5-13;/h3-4,6H,1-2,5,13H2;1H. The number of Topliss-reactive ketones (excluding diaryl/α,β-unsaturated/α-hetero) is 1. The van der Waals surface area contributed by atoms with Crippen molar-refractivity contribution in [3.63, 3.8) is 0 Å². The van der Waals surface area contributed by atoms with Crippen LogP contribution in [0.1, 0.15) is 23.2 Å². The lowest BCUT2D eigenvalue weighted by atomic mass is 10.1. The molecule has 0 aliphatic heterocycles. The summed E-state index contributed by atoms with van der Waals surface area (Å²) < 4.78 is 13.9. The van der Waals surface area contributed by atoms with Crippen molar-refractivity contribution in [2.45, 2.75) is 12.8 Å². The molecule has 0 fully saturated rings. The van der Waals surface area contributed by atoms with Crippen LogP contribution in [0.2, 0.25) is 0 Å². The SMILES string of the molecule is Cl.NCCCC(=O)c1ccc(Br)cc1F. The molecule has 2 N–H and O–H groups in total. The van der Waals surface area contributed by atoms with E-state index in [2.05, 4.69) is 15.9 Å². The minimum Gasteiger partial charge on any atom is -0.330 e. The third-order valence-corrected chi connectivity index (χ3v) is 2.33. The maximum atomic E-state index is 13.2. The molecular formula is C10H12BrClFNO. The highest BCUT2D eigenvalue weighted by Gasteiger charge is 2.10. The minimum absolute atomic E-state index is 0. The molecule has 0 spiro atoms. The Balaban J connectivity index is 0.00000196. The first-order chi connectivity index (χ1) is 6.65. The predicted octanol–water partition coefficient (Wildman–Crippen LogP) is 2.93. The number of rotatable bonds is 4. The number of carbonyl (C=O) groups is 1. The summed E-state index contributed by atoms with van der Waals surface area (Å²) in [6.07, 6.45) is 0.892. The van der Waals surface area contributed by atoms with Gasteiger partial charge in [-0.25, -0.2) is 4.39 Å². The van der Waals surface area contributed by atoms with Crippen LogP contribution in [-0.4, -0.2) is 12.3 Å².